The summed E-state index contributed by atoms with van der Waals surface area (Å²) in [5, 5.41) is 13.2. The van der Waals surface area contributed by atoms with E-state index in [9.17, 15) is 9.90 Å². The first-order chi connectivity index (χ1) is 10.6. The summed E-state index contributed by atoms with van der Waals surface area (Å²) >= 11 is 1.50. The molecule has 1 aliphatic rings. The summed E-state index contributed by atoms with van der Waals surface area (Å²) in [5.41, 5.74) is 1.51. The van der Waals surface area contributed by atoms with E-state index < -0.39 is 6.10 Å². The predicted octanol–water partition coefficient (Wildman–Crippen LogP) is 3.04. The number of nitrogens with zero attached hydrogens (tertiary/aromatic N) is 2. The molecule has 1 amide bonds. The number of likely N-dealkylation sites (tertiary alicyclic amines) is 1. The molecule has 1 aromatic carbocycles. The largest absolute Gasteiger partial charge is 0.388 e. The molecule has 0 spiro atoms. The molecule has 4 nitrogen and oxygen atoms in total. The first-order valence-electron chi connectivity index (χ1n) is 7.59. The number of aromatic nitrogens is 1. The highest BCUT2D eigenvalue weighted by molar-refractivity contribution is 7.09. The third-order valence-electron chi connectivity index (χ3n) is 4.25. The number of aryl methyl sites for hydroxylation is 1. The molecule has 1 atom stereocenters. The normalized spacial score (nSPS) is 17.5. The Bertz CT molecular complexity index is 633. The maximum Gasteiger partial charge on any atom is 0.273 e. The van der Waals surface area contributed by atoms with Gasteiger partial charge in [-0.1, -0.05) is 30.3 Å². The molecular formula is C17H20N2O2S. The number of amides is 1. The summed E-state index contributed by atoms with van der Waals surface area (Å²) in [6.45, 7) is 3.28. The van der Waals surface area contributed by atoms with E-state index in [1.807, 2.05) is 47.5 Å². The molecule has 0 saturated carbocycles. The van der Waals surface area contributed by atoms with Gasteiger partial charge in [0.15, 0.2) is 0 Å². The van der Waals surface area contributed by atoms with Crippen LogP contribution in [0.5, 0.6) is 0 Å². The minimum Gasteiger partial charge on any atom is -0.388 e. The highest BCUT2D eigenvalue weighted by Crippen LogP contribution is 2.31. The molecule has 3 rings (SSSR count). The molecule has 1 aromatic heterocycles. The first-order valence-corrected chi connectivity index (χ1v) is 8.47. The Hall–Kier alpha value is -1.72. The van der Waals surface area contributed by atoms with Crippen molar-refractivity contribution in [1.29, 1.82) is 0 Å². The van der Waals surface area contributed by atoms with Gasteiger partial charge in [-0.05, 0) is 31.2 Å². The van der Waals surface area contributed by atoms with Crippen LogP contribution in [0.15, 0.2) is 35.7 Å². The van der Waals surface area contributed by atoms with E-state index in [0.29, 0.717) is 18.8 Å². The van der Waals surface area contributed by atoms with Crippen molar-refractivity contribution in [2.45, 2.75) is 25.9 Å². The summed E-state index contributed by atoms with van der Waals surface area (Å²) in [7, 11) is 0. The van der Waals surface area contributed by atoms with E-state index >= 15 is 0 Å². The number of carbonyl (C=O) groups is 1. The number of piperidine rings is 1. The van der Waals surface area contributed by atoms with Crippen molar-refractivity contribution in [3.63, 3.8) is 0 Å². The molecule has 22 heavy (non-hydrogen) atoms. The molecule has 1 saturated heterocycles. The molecule has 0 radical (unpaired) electrons. The molecule has 116 valence electrons. The highest BCUT2D eigenvalue weighted by Gasteiger charge is 2.29. The summed E-state index contributed by atoms with van der Waals surface area (Å²) < 4.78 is 0. The average molecular weight is 316 g/mol. The summed E-state index contributed by atoms with van der Waals surface area (Å²) in [6.07, 6.45) is 1.20. The second kappa shape index (κ2) is 6.58. The Morgan fingerprint density at radius 1 is 1.32 bits per heavy atom. The molecule has 2 heterocycles. The van der Waals surface area contributed by atoms with Gasteiger partial charge in [-0.3, -0.25) is 4.79 Å². The Balaban J connectivity index is 1.59. The van der Waals surface area contributed by atoms with Gasteiger partial charge in [0, 0.05) is 18.5 Å². The van der Waals surface area contributed by atoms with Crippen molar-refractivity contribution in [1.82, 2.24) is 9.88 Å². The van der Waals surface area contributed by atoms with E-state index in [0.717, 1.165) is 23.4 Å². The summed E-state index contributed by atoms with van der Waals surface area (Å²) in [5.74, 6) is 0.223. The summed E-state index contributed by atoms with van der Waals surface area (Å²) in [6, 6.07) is 9.76. The van der Waals surface area contributed by atoms with E-state index in [4.69, 9.17) is 0 Å². The van der Waals surface area contributed by atoms with Crippen LogP contribution < -0.4 is 0 Å². The fraction of sp³-hybridized carbons (Fsp3) is 0.412. The number of rotatable bonds is 3. The fourth-order valence-electron chi connectivity index (χ4n) is 2.96. The molecule has 0 bridgehead atoms. The average Bonchev–Trinajstić information content (AvgIpc) is 3.01. The standard InChI is InChI=1S/C17H20N2O2S/c1-12-18-15(11-22-12)17(21)19-9-7-14(8-10-19)16(20)13-5-3-2-4-6-13/h2-6,11,14,16,20H,7-10H2,1H3. The minimum absolute atomic E-state index is 0.0111. The van der Waals surface area contributed by atoms with Crippen molar-refractivity contribution in [3.8, 4) is 0 Å². The van der Waals surface area contributed by atoms with Gasteiger partial charge in [-0.25, -0.2) is 4.98 Å². The number of thiazole rings is 1. The van der Waals surface area contributed by atoms with Crippen LogP contribution in [0.1, 0.15) is 40.0 Å². The van der Waals surface area contributed by atoms with Gasteiger partial charge >= 0.3 is 0 Å². The zero-order valence-corrected chi connectivity index (χ0v) is 13.4. The topological polar surface area (TPSA) is 53.4 Å². The Morgan fingerprint density at radius 2 is 2.00 bits per heavy atom. The van der Waals surface area contributed by atoms with Gasteiger partial charge < -0.3 is 10.0 Å². The van der Waals surface area contributed by atoms with Gasteiger partial charge in [0.25, 0.3) is 5.91 Å². The number of aliphatic hydroxyl groups is 1. The maximum absolute atomic E-state index is 12.4. The van der Waals surface area contributed by atoms with Crippen LogP contribution >= 0.6 is 11.3 Å². The lowest BCUT2D eigenvalue weighted by Gasteiger charge is -2.34. The van der Waals surface area contributed by atoms with Crippen molar-refractivity contribution >= 4 is 17.2 Å². The number of carbonyl (C=O) groups excluding carboxylic acids is 1. The van der Waals surface area contributed by atoms with Crippen LogP contribution in [-0.4, -0.2) is 34.0 Å². The third-order valence-corrected chi connectivity index (χ3v) is 5.03. The fourth-order valence-corrected chi connectivity index (χ4v) is 3.55. The van der Waals surface area contributed by atoms with Crippen molar-refractivity contribution < 1.29 is 9.90 Å². The van der Waals surface area contributed by atoms with E-state index in [1.54, 1.807) is 0 Å². The Labute approximate surface area is 134 Å². The van der Waals surface area contributed by atoms with E-state index in [-0.39, 0.29) is 11.8 Å². The number of benzene rings is 1. The second-order valence-corrected chi connectivity index (χ2v) is 6.80. The van der Waals surface area contributed by atoms with Gasteiger partial charge in [-0.15, -0.1) is 11.3 Å². The molecular weight excluding hydrogens is 296 g/mol. The molecule has 1 unspecified atom stereocenters. The quantitative estimate of drug-likeness (QED) is 0.947. The Kier molecular flexibility index (Phi) is 4.55. The smallest absolute Gasteiger partial charge is 0.273 e. The predicted molar refractivity (Wildman–Crippen MR) is 86.9 cm³/mol. The SMILES string of the molecule is Cc1nc(C(=O)N2CCC(C(O)c3ccccc3)CC2)cs1. The van der Waals surface area contributed by atoms with Crippen molar-refractivity contribution in [3.05, 3.63) is 52.0 Å². The monoisotopic (exact) mass is 316 g/mol. The maximum atomic E-state index is 12.4. The third kappa shape index (κ3) is 3.20. The zero-order valence-electron chi connectivity index (χ0n) is 12.6. The number of hydrogen-bond acceptors (Lipinski definition) is 4. The van der Waals surface area contributed by atoms with E-state index in [1.165, 1.54) is 11.3 Å². The van der Waals surface area contributed by atoms with Crippen LogP contribution in [-0.2, 0) is 0 Å². The van der Waals surface area contributed by atoms with Crippen LogP contribution in [0.3, 0.4) is 0 Å². The van der Waals surface area contributed by atoms with Crippen LogP contribution in [0.25, 0.3) is 0 Å². The van der Waals surface area contributed by atoms with Crippen LogP contribution in [0, 0.1) is 12.8 Å². The lowest BCUT2D eigenvalue weighted by atomic mass is 9.87. The number of aliphatic hydroxyl groups excluding tert-OH is 1. The first kappa shape index (κ1) is 15.2. The van der Waals surface area contributed by atoms with Crippen LogP contribution in [0.4, 0.5) is 0 Å². The van der Waals surface area contributed by atoms with Gasteiger partial charge in [-0.2, -0.15) is 0 Å². The Morgan fingerprint density at radius 3 is 2.59 bits per heavy atom. The van der Waals surface area contributed by atoms with Gasteiger partial charge in [0.05, 0.1) is 11.1 Å². The highest BCUT2D eigenvalue weighted by atomic mass is 32.1. The molecule has 5 heteroatoms. The molecule has 2 aromatic rings. The zero-order chi connectivity index (χ0) is 15.5. The van der Waals surface area contributed by atoms with E-state index in [2.05, 4.69) is 4.98 Å². The van der Waals surface area contributed by atoms with Crippen molar-refractivity contribution in [2.75, 3.05) is 13.1 Å². The molecule has 1 N–H and O–H groups in total. The minimum atomic E-state index is -0.444. The van der Waals surface area contributed by atoms with Gasteiger partial charge in [0.2, 0.25) is 0 Å². The lowest BCUT2D eigenvalue weighted by Crippen LogP contribution is -2.39. The molecule has 1 fully saturated rings. The number of hydrogen-bond donors (Lipinski definition) is 1. The molecule has 1 aliphatic heterocycles. The summed E-state index contributed by atoms with van der Waals surface area (Å²) in [4.78, 5) is 18.5. The van der Waals surface area contributed by atoms with Gasteiger partial charge in [0.1, 0.15) is 5.69 Å². The van der Waals surface area contributed by atoms with Crippen molar-refractivity contribution in [2.24, 2.45) is 5.92 Å². The van der Waals surface area contributed by atoms with Crippen LogP contribution in [0.2, 0.25) is 0 Å². The molecule has 0 aliphatic carbocycles. The lowest BCUT2D eigenvalue weighted by molar-refractivity contribution is 0.0459. The second-order valence-electron chi connectivity index (χ2n) is 5.74.